The van der Waals surface area contributed by atoms with Gasteiger partial charge in [-0.15, -0.1) is 0 Å². The number of benzene rings is 3. The highest BCUT2D eigenvalue weighted by molar-refractivity contribution is 6.06. The molecule has 1 aliphatic rings. The summed E-state index contributed by atoms with van der Waals surface area (Å²) >= 11 is 0. The van der Waals surface area contributed by atoms with Gasteiger partial charge in [0.25, 0.3) is 5.91 Å². The minimum atomic E-state index is -0.910. The molecule has 1 saturated heterocycles. The molecule has 3 aromatic carbocycles. The highest BCUT2D eigenvalue weighted by atomic mass is 16.3. The van der Waals surface area contributed by atoms with Crippen LogP contribution in [0.5, 0.6) is 0 Å². The van der Waals surface area contributed by atoms with E-state index in [4.69, 9.17) is 5.73 Å². The fraction of sp³-hybridized carbons (Fsp3) is 0.231. The number of nitrogens with two attached hydrogens (primary N) is 1. The quantitative estimate of drug-likeness (QED) is 0.326. The Kier molecular flexibility index (Phi) is 6.60. The molecule has 1 heterocycles. The summed E-state index contributed by atoms with van der Waals surface area (Å²) in [6.07, 6.45) is 0.435. The van der Waals surface area contributed by atoms with Crippen molar-refractivity contribution >= 4 is 28.9 Å². The van der Waals surface area contributed by atoms with Crippen LogP contribution in [0.4, 0.5) is 17.1 Å². The third kappa shape index (κ3) is 5.15. The molecule has 1 aliphatic heterocycles. The minimum Gasteiger partial charge on any atom is -0.397 e. The number of rotatable bonds is 7. The molecule has 7 heteroatoms. The van der Waals surface area contributed by atoms with E-state index in [1.165, 1.54) is 0 Å². The number of aliphatic hydroxyl groups excluding tert-OH is 1. The number of nitrogens with zero attached hydrogens (tertiary/aromatic N) is 1. The average molecular weight is 445 g/mol. The summed E-state index contributed by atoms with van der Waals surface area (Å²) in [4.78, 5) is 26.4. The minimum absolute atomic E-state index is 0.0611. The predicted molar refractivity (Wildman–Crippen MR) is 131 cm³/mol. The largest absolute Gasteiger partial charge is 0.397 e. The molecule has 2 amide bonds. The number of amides is 2. The van der Waals surface area contributed by atoms with E-state index in [0.717, 1.165) is 17.5 Å². The summed E-state index contributed by atoms with van der Waals surface area (Å²) < 4.78 is 0. The summed E-state index contributed by atoms with van der Waals surface area (Å²) in [5, 5.41) is 16.4. The van der Waals surface area contributed by atoms with E-state index in [0.29, 0.717) is 35.6 Å². The van der Waals surface area contributed by atoms with Crippen molar-refractivity contribution in [3.63, 3.8) is 0 Å². The maximum Gasteiger partial charge on any atom is 0.255 e. The highest BCUT2D eigenvalue weighted by Crippen LogP contribution is 2.27. The molecule has 0 bridgehead atoms. The van der Waals surface area contributed by atoms with Crippen molar-refractivity contribution in [2.24, 2.45) is 0 Å². The van der Waals surface area contributed by atoms with Crippen LogP contribution in [0.1, 0.15) is 30.1 Å². The second-order valence-electron chi connectivity index (χ2n) is 8.22. The van der Waals surface area contributed by atoms with Crippen LogP contribution in [-0.4, -0.2) is 40.6 Å². The molecule has 4 rings (SSSR count). The number of nitrogens with one attached hydrogen (secondary N) is 2. The van der Waals surface area contributed by atoms with Gasteiger partial charge in [-0.2, -0.15) is 0 Å². The van der Waals surface area contributed by atoms with E-state index in [1.54, 1.807) is 35.2 Å². The van der Waals surface area contributed by atoms with E-state index in [1.807, 2.05) is 49.4 Å². The van der Waals surface area contributed by atoms with E-state index in [9.17, 15) is 14.7 Å². The van der Waals surface area contributed by atoms with Gasteiger partial charge in [0, 0.05) is 24.2 Å². The third-order valence-corrected chi connectivity index (χ3v) is 5.93. The van der Waals surface area contributed by atoms with Gasteiger partial charge in [0.1, 0.15) is 6.23 Å². The molecule has 0 radical (unpaired) electrons. The first kappa shape index (κ1) is 22.4. The Morgan fingerprint density at radius 1 is 1.03 bits per heavy atom. The number of anilines is 3. The highest BCUT2D eigenvalue weighted by Gasteiger charge is 2.29. The zero-order chi connectivity index (χ0) is 23.4. The molecule has 3 aromatic rings. The van der Waals surface area contributed by atoms with Crippen molar-refractivity contribution in [3.8, 4) is 11.1 Å². The lowest BCUT2D eigenvalue weighted by Gasteiger charge is -2.29. The van der Waals surface area contributed by atoms with Crippen LogP contribution in [0.25, 0.3) is 11.1 Å². The number of likely N-dealkylation sites (tertiary alicyclic amines) is 1. The monoisotopic (exact) mass is 444 g/mol. The molecule has 2 unspecified atom stereocenters. The molecule has 5 N–H and O–H groups in total. The van der Waals surface area contributed by atoms with Crippen molar-refractivity contribution in [1.29, 1.82) is 0 Å². The van der Waals surface area contributed by atoms with Crippen molar-refractivity contribution < 1.29 is 14.7 Å². The second kappa shape index (κ2) is 9.75. The zero-order valence-electron chi connectivity index (χ0n) is 18.5. The lowest BCUT2D eigenvalue weighted by molar-refractivity contribution is -0.131. The van der Waals surface area contributed by atoms with Crippen LogP contribution < -0.4 is 16.4 Å². The number of hydrogen-bond acceptors (Lipinski definition) is 5. The molecule has 170 valence electrons. The fourth-order valence-corrected chi connectivity index (χ4v) is 3.95. The van der Waals surface area contributed by atoms with E-state index in [2.05, 4.69) is 10.6 Å². The van der Waals surface area contributed by atoms with Crippen LogP contribution >= 0.6 is 0 Å². The molecule has 2 atom stereocenters. The maximum atomic E-state index is 12.8. The van der Waals surface area contributed by atoms with Crippen LogP contribution in [0.3, 0.4) is 0 Å². The second-order valence-corrected chi connectivity index (χ2v) is 8.22. The predicted octanol–water partition coefficient (Wildman–Crippen LogP) is 3.93. The van der Waals surface area contributed by atoms with Crippen LogP contribution in [0, 0.1) is 0 Å². The Morgan fingerprint density at radius 3 is 2.42 bits per heavy atom. The van der Waals surface area contributed by atoms with Gasteiger partial charge in [-0.1, -0.05) is 36.4 Å². The first-order valence-electron chi connectivity index (χ1n) is 11.0. The van der Waals surface area contributed by atoms with Crippen molar-refractivity contribution in [2.45, 2.75) is 32.0 Å². The molecular weight excluding hydrogens is 416 g/mol. The van der Waals surface area contributed by atoms with Gasteiger partial charge in [-0.05, 0) is 60.9 Å². The van der Waals surface area contributed by atoms with E-state index >= 15 is 0 Å². The van der Waals surface area contributed by atoms with Crippen LogP contribution in [0.2, 0.25) is 0 Å². The summed E-state index contributed by atoms with van der Waals surface area (Å²) in [6, 6.07) is 21.9. The number of hydrogen-bond donors (Lipinski definition) is 4. The Morgan fingerprint density at radius 2 is 1.76 bits per heavy atom. The number of nitrogen functional groups attached to an aromatic ring is 1. The number of carbonyl (C=O) groups excluding carboxylic acids is 2. The topological polar surface area (TPSA) is 108 Å². The fourth-order valence-electron chi connectivity index (χ4n) is 3.95. The van der Waals surface area contributed by atoms with Gasteiger partial charge in [0.05, 0.1) is 17.4 Å². The van der Waals surface area contributed by atoms with Crippen molar-refractivity contribution in [1.82, 2.24) is 4.90 Å². The summed E-state index contributed by atoms with van der Waals surface area (Å²) in [5.41, 5.74) is 10.2. The lowest BCUT2D eigenvalue weighted by Crippen LogP contribution is -2.45. The lowest BCUT2D eigenvalue weighted by atomic mass is 10.0. The Balaban J connectivity index is 1.41. The SMILES string of the molecule is CC(C(O)Nc1ccc(C(=O)Nc2cc(-c3ccccc3)ccc2N)cc1)N1CCCC1=O. The summed E-state index contributed by atoms with van der Waals surface area (Å²) in [7, 11) is 0. The van der Waals surface area contributed by atoms with Gasteiger partial charge >= 0.3 is 0 Å². The molecule has 0 aliphatic carbocycles. The van der Waals surface area contributed by atoms with Crippen molar-refractivity contribution in [3.05, 3.63) is 78.4 Å². The smallest absolute Gasteiger partial charge is 0.255 e. The Bertz CT molecular complexity index is 1130. The van der Waals surface area contributed by atoms with Gasteiger partial charge in [0.15, 0.2) is 0 Å². The number of aliphatic hydroxyl groups is 1. The maximum absolute atomic E-state index is 12.8. The third-order valence-electron chi connectivity index (χ3n) is 5.93. The summed E-state index contributed by atoms with van der Waals surface area (Å²) in [5.74, 6) is -0.221. The standard InChI is InChI=1S/C26H28N4O3/c1-17(30-15-5-8-24(30)31)25(32)28-21-12-9-19(10-13-21)26(33)29-23-16-20(11-14-22(23)27)18-6-3-2-4-7-18/h2-4,6-7,9-14,16-17,25,28,32H,5,8,15,27H2,1H3,(H,29,33). The van der Waals surface area contributed by atoms with Gasteiger partial charge in [-0.25, -0.2) is 0 Å². The number of carbonyl (C=O) groups is 2. The first-order chi connectivity index (χ1) is 15.9. The van der Waals surface area contributed by atoms with Crippen LogP contribution in [0.15, 0.2) is 72.8 Å². The van der Waals surface area contributed by atoms with E-state index in [-0.39, 0.29) is 17.9 Å². The molecule has 0 aromatic heterocycles. The van der Waals surface area contributed by atoms with Crippen molar-refractivity contribution in [2.75, 3.05) is 22.9 Å². The average Bonchev–Trinajstić information content (AvgIpc) is 3.26. The molecule has 1 fully saturated rings. The molecule has 7 nitrogen and oxygen atoms in total. The normalized spacial score (nSPS) is 15.2. The zero-order valence-corrected chi connectivity index (χ0v) is 18.5. The molecular formula is C26H28N4O3. The Hall–Kier alpha value is -3.84. The van der Waals surface area contributed by atoms with E-state index < -0.39 is 6.23 Å². The van der Waals surface area contributed by atoms with Crippen LogP contribution in [-0.2, 0) is 4.79 Å². The van der Waals surface area contributed by atoms with Gasteiger partial charge in [-0.3, -0.25) is 9.59 Å². The molecule has 0 saturated carbocycles. The van der Waals surface area contributed by atoms with Gasteiger partial charge in [0.2, 0.25) is 5.91 Å². The molecule has 33 heavy (non-hydrogen) atoms. The molecule has 0 spiro atoms. The first-order valence-corrected chi connectivity index (χ1v) is 11.0. The Labute approximate surface area is 193 Å². The summed E-state index contributed by atoms with van der Waals surface area (Å²) in [6.45, 7) is 2.48. The van der Waals surface area contributed by atoms with Gasteiger partial charge < -0.3 is 26.4 Å².